The number of methoxy groups -OCH3 is 1. The van der Waals surface area contributed by atoms with E-state index in [1.807, 2.05) is 66.7 Å². The first kappa shape index (κ1) is 26.9. The molecule has 212 valence electrons. The summed E-state index contributed by atoms with van der Waals surface area (Å²) in [5.74, 6) is 0.0767. The van der Waals surface area contributed by atoms with Crippen LogP contribution in [0.25, 0.3) is 38.4 Å². The van der Waals surface area contributed by atoms with Crippen LogP contribution in [0.4, 0.5) is 0 Å². The Balaban J connectivity index is 1.57. The summed E-state index contributed by atoms with van der Waals surface area (Å²) >= 11 is 1.32. The molecule has 0 saturated heterocycles. The van der Waals surface area contributed by atoms with Crippen molar-refractivity contribution in [2.24, 2.45) is 4.99 Å². The number of hydrogen-bond donors (Lipinski definition) is 0. The second kappa shape index (κ2) is 10.7. The molecular weight excluding hydrogens is 556 g/mol. The molecule has 0 radical (unpaired) electrons. The van der Waals surface area contributed by atoms with Gasteiger partial charge in [-0.3, -0.25) is 9.36 Å². The Morgan fingerprint density at radius 3 is 2.19 bits per heavy atom. The molecule has 0 bridgehead atoms. The molecule has 7 rings (SSSR count). The van der Waals surface area contributed by atoms with Crippen LogP contribution in [0.1, 0.15) is 31.0 Å². The van der Waals surface area contributed by atoms with Crippen LogP contribution in [0.2, 0.25) is 0 Å². The van der Waals surface area contributed by atoms with Crippen LogP contribution in [0.3, 0.4) is 0 Å². The molecule has 1 aliphatic rings. The maximum atomic E-state index is 14.5. The second-order valence-corrected chi connectivity index (χ2v) is 11.4. The Morgan fingerprint density at radius 2 is 1.53 bits per heavy atom. The fourth-order valence-corrected chi connectivity index (χ4v) is 7.16. The number of thiazole rings is 1. The van der Waals surface area contributed by atoms with Crippen molar-refractivity contribution in [3.05, 3.63) is 133 Å². The lowest BCUT2D eigenvalue weighted by atomic mass is 9.90. The third-order valence-corrected chi connectivity index (χ3v) is 9.01. The van der Waals surface area contributed by atoms with E-state index in [0.29, 0.717) is 26.4 Å². The average Bonchev–Trinajstić information content (AvgIpc) is 3.33. The van der Waals surface area contributed by atoms with E-state index in [-0.39, 0.29) is 12.2 Å². The van der Waals surface area contributed by atoms with Crippen molar-refractivity contribution in [2.45, 2.75) is 19.9 Å². The predicted molar refractivity (Wildman–Crippen MR) is 172 cm³/mol. The smallest absolute Gasteiger partial charge is 0.338 e. The number of carbonyl (C=O) groups excluding carboxylic acids is 1. The van der Waals surface area contributed by atoms with Gasteiger partial charge in [0.2, 0.25) is 0 Å². The molecule has 2 heterocycles. The molecule has 0 aliphatic carbocycles. The molecule has 6 aromatic rings. The van der Waals surface area contributed by atoms with Gasteiger partial charge in [0.05, 0.1) is 29.5 Å². The minimum Gasteiger partial charge on any atom is -0.496 e. The first-order chi connectivity index (χ1) is 21.0. The highest BCUT2D eigenvalue weighted by atomic mass is 32.1. The zero-order valence-corrected chi connectivity index (χ0v) is 24.8. The molecule has 0 unspecified atom stereocenters. The van der Waals surface area contributed by atoms with Gasteiger partial charge in [-0.15, -0.1) is 0 Å². The summed E-state index contributed by atoms with van der Waals surface area (Å²) in [5.41, 5.74) is 2.31. The zero-order valence-electron chi connectivity index (χ0n) is 24.0. The molecule has 7 heteroatoms. The number of nitrogens with zero attached hydrogens (tertiary/aromatic N) is 2. The highest BCUT2D eigenvalue weighted by Gasteiger charge is 2.36. The van der Waals surface area contributed by atoms with Crippen LogP contribution in [-0.4, -0.2) is 24.3 Å². The SMILES string of the molecule is CCOC(=O)C1=C(C)N=c2s/c(=C\c3c4ccccc4cc4ccccc34)c(=O)n2[C@H]1c1c(OC)ccc2ccccc12. The summed E-state index contributed by atoms with van der Waals surface area (Å²) in [4.78, 5) is 33.4. The minimum atomic E-state index is -0.789. The standard InChI is InChI=1S/C36H28N2O4S/c1-4-42-35(40)31-21(2)37-36-38(33(31)32-27-16-10-5-11-22(27)17-18-29(32)41-3)34(39)30(43-36)20-28-25-14-8-6-12-23(25)19-24-13-7-9-15-26(24)28/h5-20,33H,4H2,1-3H3/b30-20-/t33-/m1/s1. The van der Waals surface area contributed by atoms with Crippen molar-refractivity contribution in [3.63, 3.8) is 0 Å². The van der Waals surface area contributed by atoms with E-state index in [1.165, 1.54) is 11.3 Å². The summed E-state index contributed by atoms with van der Waals surface area (Å²) in [6.45, 7) is 3.77. The zero-order chi connectivity index (χ0) is 29.7. The van der Waals surface area contributed by atoms with Gasteiger partial charge >= 0.3 is 5.97 Å². The van der Waals surface area contributed by atoms with Crippen molar-refractivity contribution < 1.29 is 14.3 Å². The van der Waals surface area contributed by atoms with Crippen LogP contribution >= 0.6 is 11.3 Å². The van der Waals surface area contributed by atoms with Gasteiger partial charge in [-0.05, 0) is 69.9 Å². The molecule has 0 spiro atoms. The van der Waals surface area contributed by atoms with Crippen molar-refractivity contribution in [1.29, 1.82) is 0 Å². The van der Waals surface area contributed by atoms with Crippen molar-refractivity contribution in [2.75, 3.05) is 13.7 Å². The summed E-state index contributed by atoms with van der Waals surface area (Å²) in [5, 5.41) is 6.17. The maximum Gasteiger partial charge on any atom is 0.338 e. The average molecular weight is 585 g/mol. The van der Waals surface area contributed by atoms with E-state index in [4.69, 9.17) is 14.5 Å². The molecule has 0 fully saturated rings. The highest BCUT2D eigenvalue weighted by Crippen LogP contribution is 2.40. The van der Waals surface area contributed by atoms with E-state index in [0.717, 1.165) is 43.4 Å². The number of benzene rings is 5. The Bertz CT molecular complexity index is 2260. The first-order valence-corrected chi connectivity index (χ1v) is 15.0. The number of ether oxygens (including phenoxy) is 2. The normalized spacial score (nSPS) is 15.1. The van der Waals surface area contributed by atoms with Crippen LogP contribution < -0.4 is 19.6 Å². The molecule has 0 amide bonds. The van der Waals surface area contributed by atoms with Gasteiger partial charge in [-0.1, -0.05) is 90.2 Å². The van der Waals surface area contributed by atoms with Crippen molar-refractivity contribution >= 4 is 55.7 Å². The quantitative estimate of drug-likeness (QED) is 0.177. The molecule has 6 nitrogen and oxygen atoms in total. The molecular formula is C36H28N2O4S. The third kappa shape index (κ3) is 4.35. The lowest BCUT2D eigenvalue weighted by Crippen LogP contribution is -2.40. The second-order valence-electron chi connectivity index (χ2n) is 10.4. The lowest BCUT2D eigenvalue weighted by Gasteiger charge is -2.27. The predicted octanol–water partition coefficient (Wildman–Crippen LogP) is 6.27. The van der Waals surface area contributed by atoms with Gasteiger partial charge in [0.15, 0.2) is 4.80 Å². The fourth-order valence-electron chi connectivity index (χ4n) is 6.14. The molecule has 1 aliphatic heterocycles. The van der Waals surface area contributed by atoms with Gasteiger partial charge in [0.25, 0.3) is 5.56 Å². The molecule has 0 N–H and O–H groups in total. The number of hydrogen-bond acceptors (Lipinski definition) is 6. The van der Waals surface area contributed by atoms with E-state index in [9.17, 15) is 9.59 Å². The number of allylic oxidation sites excluding steroid dienone is 1. The van der Waals surface area contributed by atoms with Crippen LogP contribution in [0.5, 0.6) is 5.75 Å². The maximum absolute atomic E-state index is 14.5. The van der Waals surface area contributed by atoms with E-state index in [1.54, 1.807) is 25.5 Å². The van der Waals surface area contributed by atoms with E-state index in [2.05, 4.69) is 30.3 Å². The monoisotopic (exact) mass is 584 g/mol. The minimum absolute atomic E-state index is 0.202. The summed E-state index contributed by atoms with van der Waals surface area (Å²) in [7, 11) is 1.60. The summed E-state index contributed by atoms with van der Waals surface area (Å²) in [6, 6.07) is 29.5. The summed E-state index contributed by atoms with van der Waals surface area (Å²) in [6.07, 6.45) is 1.97. The van der Waals surface area contributed by atoms with Crippen LogP contribution in [0, 0.1) is 0 Å². The number of aromatic nitrogens is 1. The Kier molecular flexibility index (Phi) is 6.67. The van der Waals surface area contributed by atoms with Crippen LogP contribution in [-0.2, 0) is 9.53 Å². The third-order valence-electron chi connectivity index (χ3n) is 8.03. The molecule has 1 aromatic heterocycles. The highest BCUT2D eigenvalue weighted by molar-refractivity contribution is 7.07. The number of esters is 1. The molecule has 0 saturated carbocycles. The Morgan fingerprint density at radius 1 is 0.907 bits per heavy atom. The van der Waals surface area contributed by atoms with E-state index < -0.39 is 12.0 Å². The Labute approximate surface area is 251 Å². The fraction of sp³-hybridized carbons (Fsp3) is 0.139. The van der Waals surface area contributed by atoms with Gasteiger partial charge in [-0.2, -0.15) is 0 Å². The van der Waals surface area contributed by atoms with Crippen molar-refractivity contribution in [3.8, 4) is 5.75 Å². The van der Waals surface area contributed by atoms with Crippen molar-refractivity contribution in [1.82, 2.24) is 4.57 Å². The summed E-state index contributed by atoms with van der Waals surface area (Å²) < 4.78 is 13.5. The van der Waals surface area contributed by atoms with Gasteiger partial charge in [-0.25, -0.2) is 9.79 Å². The first-order valence-electron chi connectivity index (χ1n) is 14.2. The van der Waals surface area contributed by atoms with Gasteiger partial charge in [0, 0.05) is 5.56 Å². The van der Waals surface area contributed by atoms with E-state index >= 15 is 0 Å². The molecule has 5 aromatic carbocycles. The molecule has 43 heavy (non-hydrogen) atoms. The van der Waals surface area contributed by atoms with Gasteiger partial charge < -0.3 is 9.47 Å². The Hall–Kier alpha value is -5.01. The van der Waals surface area contributed by atoms with Crippen LogP contribution in [0.15, 0.2) is 112 Å². The number of carbonyl (C=O) groups is 1. The molecule has 1 atom stereocenters. The largest absolute Gasteiger partial charge is 0.496 e. The number of fused-ring (bicyclic) bond motifs is 4. The topological polar surface area (TPSA) is 69.9 Å². The lowest BCUT2D eigenvalue weighted by molar-refractivity contribution is -0.139. The van der Waals surface area contributed by atoms with Gasteiger partial charge in [0.1, 0.15) is 11.8 Å². The number of rotatable bonds is 5.